The van der Waals surface area contributed by atoms with E-state index in [1.807, 2.05) is 60.7 Å². The Morgan fingerprint density at radius 2 is 1.56 bits per heavy atom. The molecule has 1 atom stereocenters. The van der Waals surface area contributed by atoms with E-state index >= 15 is 0 Å². The predicted molar refractivity (Wildman–Crippen MR) is 143 cm³/mol. The van der Waals surface area contributed by atoms with Crippen LogP contribution in [0.2, 0.25) is 0 Å². The number of para-hydroxylation sites is 1. The molecular formula is C29H31N3O3S. The number of methoxy groups -OCH3 is 1. The standard InChI is InChI=1S/C29H31N3O3S/c1-35-26-15-9-8-14-25(26)28(33)30-27(22-12-6-3-7-13-22)23-16-18-24(19-17-23)32(29(34)31-36)20-21-10-4-2-5-11-21/h2-15,23-24,27H,16-20H2,1H3,(H,30,33)/t23-,24-,27?. The summed E-state index contributed by atoms with van der Waals surface area (Å²) in [6.45, 7) is 0.488. The number of nitrogens with zero attached hydrogens (tertiary/aromatic N) is 2. The fraction of sp³-hybridized carbons (Fsp3) is 0.310. The fourth-order valence-electron chi connectivity index (χ4n) is 5.12. The molecule has 3 amide bonds. The molecule has 0 saturated heterocycles. The number of nitrogens with one attached hydrogen (secondary N) is 1. The van der Waals surface area contributed by atoms with Crippen LogP contribution in [0.5, 0.6) is 5.75 Å². The van der Waals surface area contributed by atoms with Crippen molar-refractivity contribution in [3.63, 3.8) is 0 Å². The summed E-state index contributed by atoms with van der Waals surface area (Å²) in [4.78, 5) is 27.7. The number of amides is 3. The maximum absolute atomic E-state index is 13.3. The first-order valence-corrected chi connectivity index (χ1v) is 12.6. The maximum atomic E-state index is 13.3. The van der Waals surface area contributed by atoms with Crippen molar-refractivity contribution in [3.8, 4) is 5.75 Å². The molecule has 7 heteroatoms. The molecule has 0 aromatic heterocycles. The lowest BCUT2D eigenvalue weighted by atomic mass is 9.78. The van der Waals surface area contributed by atoms with Crippen LogP contribution in [0.25, 0.3) is 0 Å². The van der Waals surface area contributed by atoms with E-state index in [-0.39, 0.29) is 29.9 Å². The van der Waals surface area contributed by atoms with E-state index in [1.54, 1.807) is 24.1 Å². The molecule has 3 aromatic carbocycles. The zero-order valence-corrected chi connectivity index (χ0v) is 21.2. The minimum Gasteiger partial charge on any atom is -0.496 e. The van der Waals surface area contributed by atoms with Crippen molar-refractivity contribution in [2.75, 3.05) is 7.11 Å². The molecule has 1 aliphatic carbocycles. The number of carbonyl (C=O) groups is 2. The van der Waals surface area contributed by atoms with Crippen LogP contribution < -0.4 is 10.1 Å². The van der Waals surface area contributed by atoms with Gasteiger partial charge in [0, 0.05) is 25.0 Å². The van der Waals surface area contributed by atoms with Crippen molar-refractivity contribution >= 4 is 24.4 Å². The van der Waals surface area contributed by atoms with E-state index in [0.717, 1.165) is 36.8 Å². The largest absolute Gasteiger partial charge is 0.496 e. The van der Waals surface area contributed by atoms with Crippen LogP contribution >= 0.6 is 0 Å². The van der Waals surface area contributed by atoms with Gasteiger partial charge in [-0.2, -0.15) is 0 Å². The van der Waals surface area contributed by atoms with E-state index in [4.69, 9.17) is 17.2 Å². The normalized spacial score (nSPS) is 18.0. The van der Waals surface area contributed by atoms with Gasteiger partial charge in [0.05, 0.1) is 18.7 Å². The minimum atomic E-state index is -0.360. The average Bonchev–Trinajstić information content (AvgIpc) is 2.95. The Labute approximate surface area is 217 Å². The highest BCUT2D eigenvalue weighted by atomic mass is 32.1. The average molecular weight is 502 g/mol. The van der Waals surface area contributed by atoms with Crippen molar-refractivity contribution < 1.29 is 14.3 Å². The molecule has 0 heterocycles. The first-order valence-electron chi connectivity index (χ1n) is 12.3. The number of hydrogen-bond donors (Lipinski definition) is 1. The Morgan fingerprint density at radius 3 is 2.19 bits per heavy atom. The van der Waals surface area contributed by atoms with Gasteiger partial charge in [-0.05, 0) is 54.9 Å². The first kappa shape index (κ1) is 25.5. The van der Waals surface area contributed by atoms with Gasteiger partial charge in [0.15, 0.2) is 0 Å². The molecule has 0 aliphatic heterocycles. The van der Waals surface area contributed by atoms with Crippen LogP contribution in [0.1, 0.15) is 53.2 Å². The topological polar surface area (TPSA) is 71.0 Å². The lowest BCUT2D eigenvalue weighted by Gasteiger charge is -2.39. The van der Waals surface area contributed by atoms with Crippen LogP contribution in [-0.4, -0.2) is 30.0 Å². The van der Waals surface area contributed by atoms with E-state index in [0.29, 0.717) is 17.9 Å². The zero-order chi connectivity index (χ0) is 25.3. The van der Waals surface area contributed by atoms with Crippen molar-refractivity contribution in [1.82, 2.24) is 10.2 Å². The molecule has 0 bridgehead atoms. The molecule has 1 N–H and O–H groups in total. The molecule has 0 radical (unpaired) electrons. The summed E-state index contributed by atoms with van der Waals surface area (Å²) in [5.74, 6) is 0.624. The second kappa shape index (κ2) is 12.4. The van der Waals surface area contributed by atoms with E-state index in [9.17, 15) is 9.59 Å². The molecule has 36 heavy (non-hydrogen) atoms. The zero-order valence-electron chi connectivity index (χ0n) is 20.4. The van der Waals surface area contributed by atoms with Gasteiger partial charge in [-0.3, -0.25) is 4.79 Å². The first-order chi connectivity index (χ1) is 17.6. The second-order valence-corrected chi connectivity index (χ2v) is 9.30. The Kier molecular flexibility index (Phi) is 8.79. The molecular weight excluding hydrogens is 470 g/mol. The van der Waals surface area contributed by atoms with Gasteiger partial charge in [-0.1, -0.05) is 72.8 Å². The van der Waals surface area contributed by atoms with Crippen molar-refractivity contribution in [3.05, 3.63) is 102 Å². The summed E-state index contributed by atoms with van der Waals surface area (Å²) in [5, 5.41) is 3.28. The van der Waals surface area contributed by atoms with Crippen LogP contribution in [-0.2, 0) is 19.0 Å². The predicted octanol–water partition coefficient (Wildman–Crippen LogP) is 6.08. The van der Waals surface area contributed by atoms with Gasteiger partial charge in [-0.25, -0.2) is 4.79 Å². The monoisotopic (exact) mass is 501 g/mol. The Bertz CT molecular complexity index is 1160. The van der Waals surface area contributed by atoms with Gasteiger partial charge in [-0.15, -0.1) is 4.36 Å². The van der Waals surface area contributed by atoms with Crippen LogP contribution in [0.3, 0.4) is 0 Å². The summed E-state index contributed by atoms with van der Waals surface area (Å²) < 4.78 is 8.96. The number of urea groups is 1. The van der Waals surface area contributed by atoms with Gasteiger partial charge in [0.1, 0.15) is 5.75 Å². The molecule has 6 nitrogen and oxygen atoms in total. The number of hydrogen-bond acceptors (Lipinski definition) is 4. The molecule has 186 valence electrons. The highest BCUT2D eigenvalue weighted by Gasteiger charge is 2.34. The Morgan fingerprint density at radius 1 is 0.944 bits per heavy atom. The van der Waals surface area contributed by atoms with Crippen LogP contribution in [0.4, 0.5) is 4.79 Å². The quantitative estimate of drug-likeness (QED) is 0.406. The fourth-order valence-corrected chi connectivity index (χ4v) is 5.22. The summed E-state index contributed by atoms with van der Waals surface area (Å²) in [6, 6.07) is 26.8. The summed E-state index contributed by atoms with van der Waals surface area (Å²) in [6.07, 6.45) is 3.38. The smallest absolute Gasteiger partial charge is 0.355 e. The molecule has 0 spiro atoms. The van der Waals surface area contributed by atoms with E-state index in [2.05, 4.69) is 21.8 Å². The molecule has 1 aliphatic rings. The van der Waals surface area contributed by atoms with Crippen LogP contribution in [0.15, 0.2) is 89.3 Å². The highest BCUT2D eigenvalue weighted by Crippen LogP contribution is 2.37. The summed E-state index contributed by atoms with van der Waals surface area (Å²) in [5.41, 5.74) is 2.64. The molecule has 1 saturated carbocycles. The third-order valence-corrected chi connectivity index (χ3v) is 7.13. The third-order valence-electron chi connectivity index (χ3n) is 6.97. The van der Waals surface area contributed by atoms with Crippen molar-refractivity contribution in [2.45, 2.75) is 44.3 Å². The molecule has 1 fully saturated rings. The van der Waals surface area contributed by atoms with Gasteiger partial charge >= 0.3 is 6.03 Å². The Hall–Kier alpha value is -3.58. The minimum absolute atomic E-state index is 0.0574. The van der Waals surface area contributed by atoms with Crippen molar-refractivity contribution in [1.29, 1.82) is 0 Å². The number of ether oxygens (including phenoxy) is 1. The lowest BCUT2D eigenvalue weighted by Crippen LogP contribution is -2.42. The molecule has 3 aromatic rings. The third kappa shape index (κ3) is 6.15. The number of benzene rings is 3. The molecule has 4 rings (SSSR count). The van der Waals surface area contributed by atoms with E-state index < -0.39 is 0 Å². The SMILES string of the molecule is COc1ccccc1C(=O)NC(c1ccccc1)[C@H]1CC[C@H](N(Cc2ccccc2)C(=O)N=S)CC1. The van der Waals surface area contributed by atoms with E-state index in [1.165, 1.54) is 0 Å². The summed E-state index contributed by atoms with van der Waals surface area (Å²) in [7, 11) is 1.57. The van der Waals surface area contributed by atoms with Gasteiger partial charge < -0.3 is 15.0 Å². The number of carbonyl (C=O) groups excluding carboxylic acids is 2. The summed E-state index contributed by atoms with van der Waals surface area (Å²) >= 11 is 4.76. The van der Waals surface area contributed by atoms with Crippen molar-refractivity contribution in [2.24, 2.45) is 10.3 Å². The number of rotatable bonds is 8. The second-order valence-electron chi connectivity index (χ2n) is 9.12. The highest BCUT2D eigenvalue weighted by molar-refractivity contribution is 7.47. The Balaban J connectivity index is 1.50. The molecule has 1 unspecified atom stereocenters. The maximum Gasteiger partial charge on any atom is 0.355 e. The van der Waals surface area contributed by atoms with Gasteiger partial charge in [0.2, 0.25) is 0 Å². The van der Waals surface area contributed by atoms with Crippen LogP contribution in [0, 0.1) is 5.92 Å². The lowest BCUT2D eigenvalue weighted by molar-refractivity contribution is 0.0893. The van der Waals surface area contributed by atoms with Gasteiger partial charge in [0.25, 0.3) is 5.91 Å².